The highest BCUT2D eigenvalue weighted by atomic mass is 16.2. The highest BCUT2D eigenvalue weighted by Crippen LogP contribution is 2.28. The van der Waals surface area contributed by atoms with Crippen molar-refractivity contribution < 1.29 is 9.59 Å². The molecule has 1 heterocycles. The molecule has 0 fully saturated rings. The summed E-state index contributed by atoms with van der Waals surface area (Å²) in [5, 5.41) is 3.07. The van der Waals surface area contributed by atoms with Crippen LogP contribution in [0.15, 0.2) is 53.8 Å². The first kappa shape index (κ1) is 18.6. The number of amides is 2. The second-order valence-corrected chi connectivity index (χ2v) is 6.70. The third-order valence-electron chi connectivity index (χ3n) is 5.08. The summed E-state index contributed by atoms with van der Waals surface area (Å²) < 4.78 is 1.66. The van der Waals surface area contributed by atoms with Crippen molar-refractivity contribution in [1.29, 1.82) is 0 Å². The Morgan fingerprint density at radius 1 is 1.22 bits per heavy atom. The molecule has 6 nitrogen and oxygen atoms in total. The SMILES string of the molecule is C=CC(=O)N(C)c1ccc(C(=O)NC2CCCc3c2ccc(=O)n3C)cc1. The second-order valence-electron chi connectivity index (χ2n) is 6.70. The molecule has 6 heteroatoms. The quantitative estimate of drug-likeness (QED) is 0.846. The van der Waals surface area contributed by atoms with Gasteiger partial charge in [0.05, 0.1) is 6.04 Å². The van der Waals surface area contributed by atoms with E-state index in [9.17, 15) is 14.4 Å². The van der Waals surface area contributed by atoms with Crippen LogP contribution in [0.2, 0.25) is 0 Å². The lowest BCUT2D eigenvalue weighted by Crippen LogP contribution is -2.34. The summed E-state index contributed by atoms with van der Waals surface area (Å²) in [4.78, 5) is 37.6. The molecule has 1 aliphatic rings. The zero-order valence-corrected chi connectivity index (χ0v) is 15.6. The molecule has 1 unspecified atom stereocenters. The fourth-order valence-electron chi connectivity index (χ4n) is 3.45. The largest absolute Gasteiger partial charge is 0.345 e. The number of pyridine rings is 1. The second kappa shape index (κ2) is 7.61. The number of anilines is 1. The van der Waals surface area contributed by atoms with Crippen molar-refractivity contribution in [3.8, 4) is 0 Å². The van der Waals surface area contributed by atoms with Crippen LogP contribution in [-0.4, -0.2) is 23.4 Å². The molecule has 3 rings (SSSR count). The summed E-state index contributed by atoms with van der Waals surface area (Å²) >= 11 is 0. The van der Waals surface area contributed by atoms with Crippen molar-refractivity contribution in [3.63, 3.8) is 0 Å². The first-order chi connectivity index (χ1) is 12.9. The minimum atomic E-state index is -0.211. The monoisotopic (exact) mass is 365 g/mol. The Morgan fingerprint density at radius 3 is 2.59 bits per heavy atom. The maximum absolute atomic E-state index is 12.7. The average molecular weight is 365 g/mol. The van der Waals surface area contributed by atoms with Crippen molar-refractivity contribution in [2.75, 3.05) is 11.9 Å². The van der Waals surface area contributed by atoms with E-state index in [-0.39, 0.29) is 23.4 Å². The van der Waals surface area contributed by atoms with E-state index in [0.717, 1.165) is 30.5 Å². The number of hydrogen-bond acceptors (Lipinski definition) is 3. The zero-order valence-electron chi connectivity index (χ0n) is 15.6. The van der Waals surface area contributed by atoms with Crippen LogP contribution in [0.25, 0.3) is 0 Å². The van der Waals surface area contributed by atoms with E-state index in [4.69, 9.17) is 0 Å². The number of fused-ring (bicyclic) bond motifs is 1. The fourth-order valence-corrected chi connectivity index (χ4v) is 3.45. The lowest BCUT2D eigenvalue weighted by atomic mass is 9.90. The molecule has 2 aromatic rings. The average Bonchev–Trinajstić information content (AvgIpc) is 2.70. The molecule has 0 spiro atoms. The van der Waals surface area contributed by atoms with Gasteiger partial charge in [-0.15, -0.1) is 0 Å². The Balaban J connectivity index is 1.77. The molecule has 27 heavy (non-hydrogen) atoms. The molecule has 1 N–H and O–H groups in total. The number of aromatic nitrogens is 1. The summed E-state index contributed by atoms with van der Waals surface area (Å²) in [7, 11) is 3.42. The van der Waals surface area contributed by atoms with Gasteiger partial charge in [-0.1, -0.05) is 6.58 Å². The Bertz CT molecular complexity index is 944. The molecule has 0 saturated heterocycles. The summed E-state index contributed by atoms with van der Waals surface area (Å²) in [6.07, 6.45) is 3.84. The van der Waals surface area contributed by atoms with Crippen LogP contribution < -0.4 is 15.8 Å². The number of carbonyl (C=O) groups excluding carboxylic acids is 2. The van der Waals surface area contributed by atoms with Gasteiger partial charge in [0.25, 0.3) is 5.91 Å². The highest BCUT2D eigenvalue weighted by Gasteiger charge is 2.24. The predicted octanol–water partition coefficient (Wildman–Crippen LogP) is 2.34. The number of rotatable bonds is 4. The van der Waals surface area contributed by atoms with Gasteiger partial charge >= 0.3 is 0 Å². The van der Waals surface area contributed by atoms with Crippen molar-refractivity contribution in [3.05, 3.63) is 76.2 Å². The van der Waals surface area contributed by atoms with E-state index in [1.165, 1.54) is 11.0 Å². The van der Waals surface area contributed by atoms with Crippen LogP contribution >= 0.6 is 0 Å². The molecule has 0 bridgehead atoms. The van der Waals surface area contributed by atoms with Gasteiger partial charge in [0.1, 0.15) is 0 Å². The van der Waals surface area contributed by atoms with Crippen LogP contribution in [-0.2, 0) is 18.3 Å². The molecular formula is C21H23N3O3. The van der Waals surface area contributed by atoms with Crippen molar-refractivity contribution >= 4 is 17.5 Å². The molecule has 140 valence electrons. The van der Waals surface area contributed by atoms with Crippen molar-refractivity contribution in [1.82, 2.24) is 9.88 Å². The summed E-state index contributed by atoms with van der Waals surface area (Å²) in [6.45, 7) is 3.47. The lowest BCUT2D eigenvalue weighted by molar-refractivity contribution is -0.113. The lowest BCUT2D eigenvalue weighted by Gasteiger charge is -2.27. The zero-order chi connectivity index (χ0) is 19.6. The molecule has 0 radical (unpaired) electrons. The summed E-state index contributed by atoms with van der Waals surface area (Å²) in [5.41, 5.74) is 3.17. The van der Waals surface area contributed by atoms with Gasteiger partial charge in [-0.25, -0.2) is 0 Å². The van der Waals surface area contributed by atoms with Gasteiger partial charge in [0.15, 0.2) is 0 Å². The van der Waals surface area contributed by atoms with E-state index in [2.05, 4.69) is 11.9 Å². The molecular weight excluding hydrogens is 342 g/mol. The maximum atomic E-state index is 12.7. The molecule has 0 saturated carbocycles. The minimum Gasteiger partial charge on any atom is -0.345 e. The third-order valence-corrected chi connectivity index (χ3v) is 5.08. The Hall–Kier alpha value is -3.15. The van der Waals surface area contributed by atoms with Crippen LogP contribution in [0, 0.1) is 0 Å². The van der Waals surface area contributed by atoms with Gasteiger partial charge in [0, 0.05) is 37.1 Å². The number of nitrogens with zero attached hydrogens (tertiary/aromatic N) is 2. The fraction of sp³-hybridized carbons (Fsp3) is 0.286. The molecule has 1 aromatic carbocycles. The predicted molar refractivity (Wildman–Crippen MR) is 105 cm³/mol. The smallest absolute Gasteiger partial charge is 0.251 e. The first-order valence-corrected chi connectivity index (χ1v) is 8.92. The molecule has 2 amide bonds. The van der Waals surface area contributed by atoms with E-state index in [1.807, 2.05) is 6.07 Å². The molecule has 1 aromatic heterocycles. The maximum Gasteiger partial charge on any atom is 0.251 e. The highest BCUT2D eigenvalue weighted by molar-refractivity contribution is 6.01. The van der Waals surface area contributed by atoms with E-state index in [1.54, 1.807) is 49.0 Å². The van der Waals surface area contributed by atoms with Crippen molar-refractivity contribution in [2.24, 2.45) is 7.05 Å². The van der Waals surface area contributed by atoms with Crippen LogP contribution in [0.3, 0.4) is 0 Å². The topological polar surface area (TPSA) is 71.4 Å². The summed E-state index contributed by atoms with van der Waals surface area (Å²) in [6, 6.07) is 10.1. The van der Waals surface area contributed by atoms with Crippen LogP contribution in [0.5, 0.6) is 0 Å². The molecule has 1 atom stereocenters. The van der Waals surface area contributed by atoms with Gasteiger partial charge in [-0.05, 0) is 61.2 Å². The van der Waals surface area contributed by atoms with Crippen molar-refractivity contribution in [2.45, 2.75) is 25.3 Å². The van der Waals surface area contributed by atoms with E-state index in [0.29, 0.717) is 11.3 Å². The van der Waals surface area contributed by atoms with E-state index >= 15 is 0 Å². The first-order valence-electron chi connectivity index (χ1n) is 8.92. The Morgan fingerprint density at radius 2 is 1.93 bits per heavy atom. The Labute approximate surface area is 158 Å². The van der Waals surface area contributed by atoms with Crippen LogP contribution in [0.4, 0.5) is 5.69 Å². The number of benzene rings is 1. The normalized spacial score (nSPS) is 15.6. The number of hydrogen-bond donors (Lipinski definition) is 1. The van der Waals surface area contributed by atoms with Gasteiger partial charge in [-0.3, -0.25) is 14.4 Å². The standard InChI is InChI=1S/C21H23N3O3/c1-4-19(25)23(2)15-10-8-14(9-11-15)21(27)22-17-6-5-7-18-16(17)12-13-20(26)24(18)3/h4,8-13,17H,1,5-7H2,2-3H3,(H,22,27). The Kier molecular flexibility index (Phi) is 5.26. The van der Waals surface area contributed by atoms with Gasteiger partial charge < -0.3 is 14.8 Å². The molecule has 0 aliphatic heterocycles. The van der Waals surface area contributed by atoms with Crippen LogP contribution in [0.1, 0.15) is 40.5 Å². The van der Waals surface area contributed by atoms with E-state index < -0.39 is 0 Å². The van der Waals surface area contributed by atoms with Gasteiger partial charge in [-0.2, -0.15) is 0 Å². The molecule has 1 aliphatic carbocycles. The third kappa shape index (κ3) is 3.69. The number of nitrogens with one attached hydrogen (secondary N) is 1. The minimum absolute atomic E-state index is 0.0329. The number of carbonyl (C=O) groups is 2. The van der Waals surface area contributed by atoms with Gasteiger partial charge in [0.2, 0.25) is 11.5 Å². The number of likely N-dealkylation sites (N-methyl/N-ethyl adjacent to an activating group) is 1. The summed E-state index contributed by atoms with van der Waals surface area (Å²) in [5.74, 6) is -0.387.